The number of anilines is 1. The SMILES string of the molecule is c1cnc(N2CCOCC2)c(CNCc2ccc(C3CCCCO3)o2)c1. The first-order valence-corrected chi connectivity index (χ1v) is 9.58. The van der Waals surface area contributed by atoms with Crippen LogP contribution in [0.1, 0.15) is 42.5 Å². The molecule has 0 bridgehead atoms. The summed E-state index contributed by atoms with van der Waals surface area (Å²) in [6.07, 6.45) is 5.41. The molecule has 1 N–H and O–H groups in total. The molecule has 2 aliphatic heterocycles. The fraction of sp³-hybridized carbons (Fsp3) is 0.550. The first kappa shape index (κ1) is 17.5. The van der Waals surface area contributed by atoms with Gasteiger partial charge in [-0.25, -0.2) is 4.98 Å². The first-order valence-electron chi connectivity index (χ1n) is 9.58. The molecule has 0 spiro atoms. The number of hydrogen-bond donors (Lipinski definition) is 1. The van der Waals surface area contributed by atoms with E-state index in [0.717, 1.165) is 69.6 Å². The van der Waals surface area contributed by atoms with Crippen LogP contribution in [0.4, 0.5) is 5.82 Å². The van der Waals surface area contributed by atoms with Gasteiger partial charge in [-0.1, -0.05) is 6.07 Å². The monoisotopic (exact) mass is 357 g/mol. The quantitative estimate of drug-likeness (QED) is 0.857. The normalized spacial score (nSPS) is 21.1. The molecule has 1 atom stereocenters. The zero-order valence-corrected chi connectivity index (χ0v) is 15.2. The molecule has 6 nitrogen and oxygen atoms in total. The molecule has 0 aliphatic carbocycles. The summed E-state index contributed by atoms with van der Waals surface area (Å²) < 4.78 is 17.2. The molecule has 0 saturated carbocycles. The summed E-state index contributed by atoms with van der Waals surface area (Å²) in [6, 6.07) is 8.23. The maximum Gasteiger partial charge on any atom is 0.133 e. The van der Waals surface area contributed by atoms with Gasteiger partial charge in [0.1, 0.15) is 23.4 Å². The third kappa shape index (κ3) is 4.26. The second kappa shape index (κ2) is 8.66. The highest BCUT2D eigenvalue weighted by Crippen LogP contribution is 2.29. The zero-order chi connectivity index (χ0) is 17.6. The Bertz CT molecular complexity index is 691. The molecule has 0 radical (unpaired) electrons. The largest absolute Gasteiger partial charge is 0.462 e. The van der Waals surface area contributed by atoms with E-state index in [1.165, 1.54) is 12.0 Å². The molecule has 0 amide bonds. The standard InChI is InChI=1S/C20H27N3O3/c1-2-11-25-18(5-1)19-7-6-17(26-19)15-21-14-16-4-3-8-22-20(16)23-9-12-24-13-10-23/h3-4,6-8,18,21H,1-2,5,9-15H2. The minimum atomic E-state index is 0.128. The van der Waals surface area contributed by atoms with Gasteiger partial charge in [0.15, 0.2) is 0 Å². The van der Waals surface area contributed by atoms with Crippen LogP contribution in [0.2, 0.25) is 0 Å². The molecule has 2 aromatic rings. The van der Waals surface area contributed by atoms with E-state index in [9.17, 15) is 0 Å². The van der Waals surface area contributed by atoms with Gasteiger partial charge in [-0.05, 0) is 37.5 Å². The Morgan fingerprint density at radius 1 is 1.08 bits per heavy atom. The average Bonchev–Trinajstić information content (AvgIpc) is 3.19. The highest BCUT2D eigenvalue weighted by Gasteiger charge is 2.19. The molecule has 4 heterocycles. The number of furan rings is 1. The van der Waals surface area contributed by atoms with Crippen LogP contribution >= 0.6 is 0 Å². The molecule has 2 fully saturated rings. The van der Waals surface area contributed by atoms with E-state index in [-0.39, 0.29) is 6.10 Å². The number of nitrogens with zero attached hydrogens (tertiary/aromatic N) is 2. The summed E-state index contributed by atoms with van der Waals surface area (Å²) in [5, 5.41) is 3.48. The fourth-order valence-electron chi connectivity index (χ4n) is 3.58. The van der Waals surface area contributed by atoms with Gasteiger partial charge in [-0.2, -0.15) is 0 Å². The van der Waals surface area contributed by atoms with Crippen LogP contribution in [0.3, 0.4) is 0 Å². The smallest absolute Gasteiger partial charge is 0.133 e. The summed E-state index contributed by atoms with van der Waals surface area (Å²) in [4.78, 5) is 6.88. The molecule has 1 unspecified atom stereocenters. The molecule has 6 heteroatoms. The van der Waals surface area contributed by atoms with Crippen molar-refractivity contribution in [2.24, 2.45) is 0 Å². The lowest BCUT2D eigenvalue weighted by atomic mass is 10.1. The Hall–Kier alpha value is -1.89. The van der Waals surface area contributed by atoms with Gasteiger partial charge in [-0.15, -0.1) is 0 Å². The summed E-state index contributed by atoms with van der Waals surface area (Å²) in [7, 11) is 0. The van der Waals surface area contributed by atoms with Crippen LogP contribution in [0.25, 0.3) is 0 Å². The molecular formula is C20H27N3O3. The van der Waals surface area contributed by atoms with Crippen LogP contribution in [0, 0.1) is 0 Å². The van der Waals surface area contributed by atoms with Crippen molar-refractivity contribution in [1.82, 2.24) is 10.3 Å². The summed E-state index contributed by atoms with van der Waals surface area (Å²) in [6.45, 7) is 5.62. The number of nitrogens with one attached hydrogen (secondary N) is 1. The predicted octanol–water partition coefficient (Wildman–Crippen LogP) is 3.04. The minimum absolute atomic E-state index is 0.128. The molecule has 0 aromatic carbocycles. The summed E-state index contributed by atoms with van der Waals surface area (Å²) in [5.41, 5.74) is 1.21. The van der Waals surface area contributed by atoms with Crippen molar-refractivity contribution in [1.29, 1.82) is 0 Å². The topological polar surface area (TPSA) is 59.8 Å². The lowest BCUT2D eigenvalue weighted by molar-refractivity contribution is 0.00122. The van der Waals surface area contributed by atoms with Crippen LogP contribution < -0.4 is 10.2 Å². The van der Waals surface area contributed by atoms with Gasteiger partial charge in [0.05, 0.1) is 19.8 Å². The average molecular weight is 357 g/mol. The van der Waals surface area contributed by atoms with Gasteiger partial charge in [-0.3, -0.25) is 0 Å². The van der Waals surface area contributed by atoms with E-state index in [0.29, 0.717) is 6.54 Å². The molecule has 4 rings (SSSR count). The van der Waals surface area contributed by atoms with Crippen LogP contribution in [0.15, 0.2) is 34.9 Å². The zero-order valence-electron chi connectivity index (χ0n) is 15.2. The van der Waals surface area contributed by atoms with Gasteiger partial charge in [0, 0.05) is 38.0 Å². The Morgan fingerprint density at radius 2 is 2.00 bits per heavy atom. The third-order valence-electron chi connectivity index (χ3n) is 4.97. The van der Waals surface area contributed by atoms with Crippen LogP contribution in [-0.4, -0.2) is 37.9 Å². The van der Waals surface area contributed by atoms with Crippen molar-refractivity contribution in [2.75, 3.05) is 37.8 Å². The molecule has 2 aliphatic rings. The van der Waals surface area contributed by atoms with E-state index in [1.54, 1.807) is 0 Å². The van der Waals surface area contributed by atoms with E-state index in [2.05, 4.69) is 27.3 Å². The maximum atomic E-state index is 5.98. The molecule has 26 heavy (non-hydrogen) atoms. The summed E-state index contributed by atoms with van der Waals surface area (Å²) >= 11 is 0. The van der Waals surface area contributed by atoms with Crippen molar-refractivity contribution in [2.45, 2.75) is 38.5 Å². The molecule has 140 valence electrons. The van der Waals surface area contributed by atoms with Crippen molar-refractivity contribution in [3.05, 3.63) is 47.5 Å². The minimum Gasteiger partial charge on any atom is -0.462 e. The van der Waals surface area contributed by atoms with Crippen molar-refractivity contribution >= 4 is 5.82 Å². The first-order chi connectivity index (χ1) is 12.9. The highest BCUT2D eigenvalue weighted by atomic mass is 16.5. The van der Waals surface area contributed by atoms with Crippen molar-refractivity contribution in [3.63, 3.8) is 0 Å². The van der Waals surface area contributed by atoms with E-state index < -0.39 is 0 Å². The number of rotatable bonds is 6. The Kier molecular flexibility index (Phi) is 5.84. The van der Waals surface area contributed by atoms with E-state index in [4.69, 9.17) is 13.9 Å². The van der Waals surface area contributed by atoms with Gasteiger partial charge in [0.25, 0.3) is 0 Å². The Morgan fingerprint density at radius 3 is 2.85 bits per heavy atom. The third-order valence-corrected chi connectivity index (χ3v) is 4.97. The number of morpholine rings is 1. The van der Waals surface area contributed by atoms with Crippen LogP contribution in [-0.2, 0) is 22.6 Å². The number of aromatic nitrogens is 1. The maximum absolute atomic E-state index is 5.98. The second-order valence-corrected chi connectivity index (χ2v) is 6.85. The van der Waals surface area contributed by atoms with E-state index >= 15 is 0 Å². The van der Waals surface area contributed by atoms with Gasteiger partial charge < -0.3 is 24.1 Å². The Labute approximate surface area is 154 Å². The van der Waals surface area contributed by atoms with Gasteiger partial charge >= 0.3 is 0 Å². The Balaban J connectivity index is 1.33. The summed E-state index contributed by atoms with van der Waals surface area (Å²) in [5.74, 6) is 2.96. The predicted molar refractivity (Wildman–Crippen MR) is 99.1 cm³/mol. The van der Waals surface area contributed by atoms with Crippen molar-refractivity contribution < 1.29 is 13.9 Å². The lowest BCUT2D eigenvalue weighted by Crippen LogP contribution is -2.37. The number of pyridine rings is 1. The number of hydrogen-bond acceptors (Lipinski definition) is 6. The lowest BCUT2D eigenvalue weighted by Gasteiger charge is -2.29. The fourth-order valence-corrected chi connectivity index (χ4v) is 3.58. The van der Waals surface area contributed by atoms with Crippen molar-refractivity contribution in [3.8, 4) is 0 Å². The molecular weight excluding hydrogens is 330 g/mol. The van der Waals surface area contributed by atoms with Gasteiger partial charge in [0.2, 0.25) is 0 Å². The second-order valence-electron chi connectivity index (χ2n) is 6.85. The molecule has 2 aromatic heterocycles. The highest BCUT2D eigenvalue weighted by molar-refractivity contribution is 5.47. The number of ether oxygens (including phenoxy) is 2. The molecule has 2 saturated heterocycles. The van der Waals surface area contributed by atoms with E-state index in [1.807, 2.05) is 18.3 Å². The van der Waals surface area contributed by atoms with Crippen LogP contribution in [0.5, 0.6) is 0 Å².